The quantitative estimate of drug-likeness (QED) is 0.576. The number of hydrogen-bond donors (Lipinski definition) is 2. The summed E-state index contributed by atoms with van der Waals surface area (Å²) in [6.45, 7) is 0. The van der Waals surface area contributed by atoms with Crippen molar-refractivity contribution in [1.29, 1.82) is 0 Å². The van der Waals surface area contributed by atoms with E-state index < -0.39 is 0 Å². The largest absolute Gasteiger partial charge is 0.507 e. The van der Waals surface area contributed by atoms with Crippen LogP contribution >= 0.6 is 0 Å². The van der Waals surface area contributed by atoms with Crippen LogP contribution in [0.3, 0.4) is 0 Å². The molecule has 0 saturated heterocycles. The third-order valence-corrected chi connectivity index (χ3v) is 4.01. The topological polar surface area (TPSA) is 75.4 Å². The molecule has 0 aliphatic rings. The monoisotopic (exact) mass is 344 g/mol. The highest BCUT2D eigenvalue weighted by atomic mass is 16.3. The second kappa shape index (κ2) is 6.72. The van der Waals surface area contributed by atoms with Gasteiger partial charge >= 0.3 is 0 Å². The lowest BCUT2D eigenvalue weighted by atomic mass is 10.1. The van der Waals surface area contributed by atoms with Gasteiger partial charge in [0.25, 0.3) is 0 Å². The van der Waals surface area contributed by atoms with Gasteiger partial charge in [0.1, 0.15) is 11.3 Å². The molecule has 0 aliphatic heterocycles. The molecule has 0 aliphatic carbocycles. The van der Waals surface area contributed by atoms with Crippen molar-refractivity contribution in [3.8, 4) is 17.2 Å². The van der Waals surface area contributed by atoms with Gasteiger partial charge in [-0.1, -0.05) is 42.5 Å². The van der Waals surface area contributed by atoms with Crippen LogP contribution in [0.4, 0.5) is 5.69 Å². The predicted octanol–water partition coefficient (Wildman–Crippen LogP) is 4.38. The summed E-state index contributed by atoms with van der Waals surface area (Å²) in [5, 5.41) is 13.1. The van der Waals surface area contributed by atoms with Crippen LogP contribution in [0.2, 0.25) is 0 Å². The van der Waals surface area contributed by atoms with E-state index in [1.807, 2.05) is 54.6 Å². The van der Waals surface area contributed by atoms with Crippen LogP contribution in [-0.2, 0) is 11.2 Å². The maximum atomic E-state index is 12.1. The van der Waals surface area contributed by atoms with Gasteiger partial charge in [0.15, 0.2) is 5.58 Å². The minimum atomic E-state index is -0.148. The Morgan fingerprint density at radius 1 is 1.00 bits per heavy atom. The molecular formula is C21H16N2O3. The van der Waals surface area contributed by atoms with Crippen LogP contribution in [0.25, 0.3) is 22.6 Å². The van der Waals surface area contributed by atoms with Gasteiger partial charge in [0, 0.05) is 11.8 Å². The normalized spacial score (nSPS) is 10.8. The average Bonchev–Trinajstić information content (AvgIpc) is 3.06. The molecule has 0 spiro atoms. The van der Waals surface area contributed by atoms with Crippen LogP contribution in [-0.4, -0.2) is 16.0 Å². The fourth-order valence-electron chi connectivity index (χ4n) is 2.76. The van der Waals surface area contributed by atoms with Crippen molar-refractivity contribution in [3.05, 3.63) is 78.4 Å². The van der Waals surface area contributed by atoms with Crippen molar-refractivity contribution in [1.82, 2.24) is 4.98 Å². The lowest BCUT2D eigenvalue weighted by Crippen LogP contribution is -2.14. The second-order valence-corrected chi connectivity index (χ2v) is 5.93. The Morgan fingerprint density at radius 2 is 1.77 bits per heavy atom. The van der Waals surface area contributed by atoms with Crippen molar-refractivity contribution in [2.45, 2.75) is 6.42 Å². The van der Waals surface area contributed by atoms with E-state index in [0.717, 1.165) is 11.1 Å². The lowest BCUT2D eigenvalue weighted by molar-refractivity contribution is -0.115. The SMILES string of the molecule is O=C(Cc1ccccc1)Nc1ccc(-c2nc3ccccc3o2)c(O)c1. The standard InChI is InChI=1S/C21H16N2O3/c24-18-13-15(22-20(25)12-14-6-2-1-3-7-14)10-11-16(18)21-23-17-8-4-5-9-19(17)26-21/h1-11,13,24H,12H2,(H,22,25). The maximum Gasteiger partial charge on any atom is 0.231 e. The number of amides is 1. The molecule has 26 heavy (non-hydrogen) atoms. The van der Waals surface area contributed by atoms with Gasteiger partial charge in [-0.2, -0.15) is 0 Å². The predicted molar refractivity (Wildman–Crippen MR) is 99.9 cm³/mol. The first kappa shape index (κ1) is 15.9. The third-order valence-electron chi connectivity index (χ3n) is 4.01. The molecule has 0 saturated carbocycles. The van der Waals surface area contributed by atoms with E-state index in [9.17, 15) is 9.90 Å². The van der Waals surface area contributed by atoms with E-state index in [-0.39, 0.29) is 18.1 Å². The smallest absolute Gasteiger partial charge is 0.231 e. The summed E-state index contributed by atoms with van der Waals surface area (Å²) in [5.41, 5.74) is 3.30. The van der Waals surface area contributed by atoms with Crippen LogP contribution in [0.5, 0.6) is 5.75 Å². The Labute approximate surface area is 149 Å². The van der Waals surface area contributed by atoms with Crippen molar-refractivity contribution >= 4 is 22.7 Å². The van der Waals surface area contributed by atoms with Crippen LogP contribution in [0.1, 0.15) is 5.56 Å². The molecule has 1 aromatic heterocycles. The summed E-state index contributed by atoms with van der Waals surface area (Å²) < 4.78 is 5.68. The number of aromatic nitrogens is 1. The number of nitrogens with one attached hydrogen (secondary N) is 1. The Morgan fingerprint density at radius 3 is 2.54 bits per heavy atom. The van der Waals surface area contributed by atoms with Gasteiger partial charge < -0.3 is 14.8 Å². The van der Waals surface area contributed by atoms with Crippen LogP contribution < -0.4 is 5.32 Å². The molecule has 0 bridgehead atoms. The number of para-hydroxylation sites is 2. The molecule has 3 aromatic carbocycles. The van der Waals surface area contributed by atoms with Crippen LogP contribution in [0, 0.1) is 0 Å². The first-order valence-electron chi connectivity index (χ1n) is 8.22. The first-order valence-corrected chi connectivity index (χ1v) is 8.22. The Balaban J connectivity index is 1.53. The first-order chi connectivity index (χ1) is 12.7. The molecule has 5 heteroatoms. The van der Waals surface area contributed by atoms with E-state index >= 15 is 0 Å². The van der Waals surface area contributed by atoms with E-state index in [2.05, 4.69) is 10.3 Å². The zero-order valence-corrected chi connectivity index (χ0v) is 13.8. The van der Waals surface area contributed by atoms with Gasteiger partial charge in [0.2, 0.25) is 11.8 Å². The van der Waals surface area contributed by atoms with Gasteiger partial charge in [-0.15, -0.1) is 0 Å². The highest BCUT2D eigenvalue weighted by Gasteiger charge is 2.13. The fraction of sp³-hybridized carbons (Fsp3) is 0.0476. The molecule has 128 valence electrons. The summed E-state index contributed by atoms with van der Waals surface area (Å²) >= 11 is 0. The van der Waals surface area contributed by atoms with Gasteiger partial charge in [-0.05, 0) is 29.8 Å². The molecule has 0 fully saturated rings. The summed E-state index contributed by atoms with van der Waals surface area (Å²) in [6.07, 6.45) is 0.272. The summed E-state index contributed by atoms with van der Waals surface area (Å²) in [5.74, 6) is 0.185. The Bertz CT molecular complexity index is 1040. The number of nitrogens with zero attached hydrogens (tertiary/aromatic N) is 1. The van der Waals surface area contributed by atoms with Gasteiger partial charge in [-0.3, -0.25) is 4.79 Å². The summed E-state index contributed by atoms with van der Waals surface area (Å²) in [7, 11) is 0. The minimum absolute atomic E-state index is 0.00549. The van der Waals surface area contributed by atoms with Crippen molar-refractivity contribution in [2.24, 2.45) is 0 Å². The highest BCUT2D eigenvalue weighted by Crippen LogP contribution is 2.33. The second-order valence-electron chi connectivity index (χ2n) is 5.93. The number of phenols is 1. The summed E-state index contributed by atoms with van der Waals surface area (Å²) in [6, 6.07) is 21.8. The van der Waals surface area contributed by atoms with Crippen LogP contribution in [0.15, 0.2) is 77.2 Å². The molecule has 0 radical (unpaired) electrons. The number of rotatable bonds is 4. The molecule has 4 aromatic rings. The zero-order chi connectivity index (χ0) is 17.9. The molecule has 5 nitrogen and oxygen atoms in total. The number of aromatic hydroxyl groups is 1. The van der Waals surface area contributed by atoms with Crippen molar-refractivity contribution < 1.29 is 14.3 Å². The van der Waals surface area contributed by atoms with Crippen molar-refractivity contribution in [2.75, 3.05) is 5.32 Å². The lowest BCUT2D eigenvalue weighted by Gasteiger charge is -2.07. The van der Waals surface area contributed by atoms with Gasteiger partial charge in [0.05, 0.1) is 12.0 Å². The molecule has 2 N–H and O–H groups in total. The van der Waals surface area contributed by atoms with E-state index in [1.54, 1.807) is 12.1 Å². The molecule has 0 atom stereocenters. The number of fused-ring (bicyclic) bond motifs is 1. The Kier molecular flexibility index (Phi) is 4.11. The summed E-state index contributed by atoms with van der Waals surface area (Å²) in [4.78, 5) is 16.5. The number of hydrogen-bond acceptors (Lipinski definition) is 4. The van der Waals surface area contributed by atoms with E-state index in [1.165, 1.54) is 6.07 Å². The average molecular weight is 344 g/mol. The third kappa shape index (κ3) is 3.28. The number of carbonyl (C=O) groups is 1. The molecule has 0 unspecified atom stereocenters. The van der Waals surface area contributed by atoms with E-state index in [0.29, 0.717) is 22.7 Å². The number of oxazole rings is 1. The maximum absolute atomic E-state index is 12.1. The Hall–Kier alpha value is -3.60. The minimum Gasteiger partial charge on any atom is -0.507 e. The molecule has 1 heterocycles. The highest BCUT2D eigenvalue weighted by molar-refractivity contribution is 5.93. The molecular weight excluding hydrogens is 328 g/mol. The number of anilines is 1. The van der Waals surface area contributed by atoms with Crippen molar-refractivity contribution in [3.63, 3.8) is 0 Å². The fourth-order valence-corrected chi connectivity index (χ4v) is 2.76. The van der Waals surface area contributed by atoms with E-state index in [4.69, 9.17) is 4.42 Å². The number of phenolic OH excluding ortho intramolecular Hbond substituents is 1. The number of benzene rings is 3. The van der Waals surface area contributed by atoms with Gasteiger partial charge in [-0.25, -0.2) is 4.98 Å². The zero-order valence-electron chi connectivity index (χ0n) is 13.8. The molecule has 4 rings (SSSR count). The number of carbonyl (C=O) groups excluding carboxylic acids is 1. The molecule has 1 amide bonds.